The summed E-state index contributed by atoms with van der Waals surface area (Å²) in [6.45, 7) is 0. The van der Waals surface area contributed by atoms with Gasteiger partial charge in [0.05, 0.1) is 6.04 Å². The Bertz CT molecular complexity index is 353. The lowest BCUT2D eigenvalue weighted by molar-refractivity contribution is -0.130. The molecule has 1 fully saturated rings. The Hall–Kier alpha value is -1.42. The summed E-state index contributed by atoms with van der Waals surface area (Å²) in [6, 6.07) is 5.30. The number of rotatable bonds is 1. The van der Waals surface area contributed by atoms with Crippen molar-refractivity contribution in [1.82, 2.24) is 5.32 Å². The van der Waals surface area contributed by atoms with E-state index in [0.717, 1.165) is 0 Å². The van der Waals surface area contributed by atoms with Crippen molar-refractivity contribution in [1.29, 1.82) is 0 Å². The Kier molecular flexibility index (Phi) is 1.77. The summed E-state index contributed by atoms with van der Waals surface area (Å²) in [6.07, 6.45) is 0. The average molecular weight is 180 g/mol. The predicted octanol–water partition coefficient (Wildman–Crippen LogP) is 0.324. The maximum absolute atomic E-state index is 12.8. The second-order valence-electron chi connectivity index (χ2n) is 3.07. The third kappa shape index (κ3) is 1.29. The monoisotopic (exact) mass is 180 g/mol. The van der Waals surface area contributed by atoms with Gasteiger partial charge in [-0.3, -0.25) is 4.79 Å². The molecule has 3 N–H and O–H groups in total. The van der Waals surface area contributed by atoms with Crippen LogP contribution in [0.25, 0.3) is 0 Å². The summed E-state index contributed by atoms with van der Waals surface area (Å²) >= 11 is 0. The highest BCUT2D eigenvalue weighted by atomic mass is 19.1. The van der Waals surface area contributed by atoms with Crippen LogP contribution in [-0.4, -0.2) is 11.9 Å². The maximum atomic E-state index is 12.8. The van der Waals surface area contributed by atoms with Crippen LogP contribution in [0.4, 0.5) is 4.39 Å². The lowest BCUT2D eigenvalue weighted by Gasteiger charge is -2.34. The number of nitrogens with two attached hydrogens (primary N) is 1. The van der Waals surface area contributed by atoms with E-state index >= 15 is 0 Å². The number of β-lactam (4-membered cyclic amide) rings is 1. The van der Waals surface area contributed by atoms with Gasteiger partial charge in [-0.05, 0) is 17.7 Å². The highest BCUT2D eigenvalue weighted by Gasteiger charge is 2.36. The SMILES string of the molecule is NC1C(=O)NC1c1cccc(F)c1. The molecule has 0 spiro atoms. The van der Waals surface area contributed by atoms with Crippen LogP contribution in [0, 0.1) is 5.82 Å². The van der Waals surface area contributed by atoms with Crippen LogP contribution in [0.1, 0.15) is 11.6 Å². The van der Waals surface area contributed by atoms with Crippen molar-refractivity contribution in [3.63, 3.8) is 0 Å². The van der Waals surface area contributed by atoms with Crippen LogP contribution in [0.15, 0.2) is 24.3 Å². The van der Waals surface area contributed by atoms with Crippen LogP contribution in [0.5, 0.6) is 0 Å². The van der Waals surface area contributed by atoms with Gasteiger partial charge in [-0.15, -0.1) is 0 Å². The smallest absolute Gasteiger partial charge is 0.239 e. The largest absolute Gasteiger partial charge is 0.346 e. The lowest BCUT2D eigenvalue weighted by Crippen LogP contribution is -2.60. The van der Waals surface area contributed by atoms with Gasteiger partial charge >= 0.3 is 0 Å². The van der Waals surface area contributed by atoms with E-state index in [1.54, 1.807) is 12.1 Å². The number of carbonyl (C=O) groups is 1. The van der Waals surface area contributed by atoms with Crippen molar-refractivity contribution >= 4 is 5.91 Å². The Labute approximate surface area is 74.7 Å². The van der Waals surface area contributed by atoms with Crippen LogP contribution in [-0.2, 0) is 4.79 Å². The average Bonchev–Trinajstić information content (AvgIpc) is 2.13. The Morgan fingerprint density at radius 2 is 2.23 bits per heavy atom. The summed E-state index contributed by atoms with van der Waals surface area (Å²) in [5.74, 6) is -0.500. The number of benzene rings is 1. The third-order valence-corrected chi connectivity index (χ3v) is 2.17. The molecule has 0 bridgehead atoms. The first-order valence-electron chi connectivity index (χ1n) is 4.00. The van der Waals surface area contributed by atoms with E-state index in [9.17, 15) is 9.18 Å². The minimum absolute atomic E-state index is 0.186. The fourth-order valence-corrected chi connectivity index (χ4v) is 1.39. The first kappa shape index (κ1) is 8.19. The van der Waals surface area contributed by atoms with E-state index in [4.69, 9.17) is 5.73 Å². The van der Waals surface area contributed by atoms with Crippen molar-refractivity contribution in [2.45, 2.75) is 12.1 Å². The lowest BCUT2D eigenvalue weighted by atomic mass is 9.92. The highest BCUT2D eigenvalue weighted by Crippen LogP contribution is 2.23. The zero-order valence-corrected chi connectivity index (χ0v) is 6.83. The number of hydrogen-bond acceptors (Lipinski definition) is 2. The molecule has 2 rings (SSSR count). The molecule has 0 saturated carbocycles. The van der Waals surface area contributed by atoms with Crippen molar-refractivity contribution < 1.29 is 9.18 Å². The molecule has 1 amide bonds. The van der Waals surface area contributed by atoms with Gasteiger partial charge in [0.15, 0.2) is 0 Å². The molecule has 68 valence electrons. The second kappa shape index (κ2) is 2.81. The van der Waals surface area contributed by atoms with Crippen molar-refractivity contribution in [2.75, 3.05) is 0 Å². The van der Waals surface area contributed by atoms with Crippen LogP contribution in [0.2, 0.25) is 0 Å². The molecule has 13 heavy (non-hydrogen) atoms. The van der Waals surface area contributed by atoms with Gasteiger partial charge in [-0.25, -0.2) is 4.39 Å². The molecule has 1 saturated heterocycles. The van der Waals surface area contributed by atoms with E-state index in [0.29, 0.717) is 5.56 Å². The minimum Gasteiger partial charge on any atom is -0.346 e. The maximum Gasteiger partial charge on any atom is 0.239 e. The fourth-order valence-electron chi connectivity index (χ4n) is 1.39. The van der Waals surface area contributed by atoms with E-state index in [-0.39, 0.29) is 17.8 Å². The van der Waals surface area contributed by atoms with Gasteiger partial charge in [-0.2, -0.15) is 0 Å². The molecule has 1 aromatic rings. The Balaban J connectivity index is 2.23. The molecule has 4 heteroatoms. The fraction of sp³-hybridized carbons (Fsp3) is 0.222. The number of amides is 1. The molecule has 0 aliphatic carbocycles. The molecule has 0 radical (unpaired) electrons. The Morgan fingerprint density at radius 3 is 2.77 bits per heavy atom. The van der Waals surface area contributed by atoms with Gasteiger partial charge in [0.2, 0.25) is 5.91 Å². The minimum atomic E-state index is -0.540. The predicted molar refractivity (Wildman–Crippen MR) is 45.3 cm³/mol. The molecule has 1 heterocycles. The molecule has 0 aromatic heterocycles. The molecular formula is C9H9FN2O. The first-order valence-corrected chi connectivity index (χ1v) is 4.00. The Morgan fingerprint density at radius 1 is 1.46 bits per heavy atom. The van der Waals surface area contributed by atoms with E-state index in [1.165, 1.54) is 12.1 Å². The summed E-state index contributed by atoms with van der Waals surface area (Å²) < 4.78 is 12.8. The van der Waals surface area contributed by atoms with Crippen molar-refractivity contribution in [2.24, 2.45) is 5.73 Å². The van der Waals surface area contributed by atoms with E-state index in [2.05, 4.69) is 5.32 Å². The summed E-state index contributed by atoms with van der Waals surface area (Å²) in [7, 11) is 0. The molecule has 1 aliphatic rings. The van der Waals surface area contributed by atoms with Crippen molar-refractivity contribution in [3.8, 4) is 0 Å². The highest BCUT2D eigenvalue weighted by molar-refractivity contribution is 5.89. The normalized spacial score (nSPS) is 26.5. The van der Waals surface area contributed by atoms with Crippen LogP contribution >= 0.6 is 0 Å². The van der Waals surface area contributed by atoms with Gasteiger partial charge in [0.1, 0.15) is 11.9 Å². The molecule has 2 unspecified atom stereocenters. The van der Waals surface area contributed by atoms with Gasteiger partial charge in [0, 0.05) is 0 Å². The second-order valence-corrected chi connectivity index (χ2v) is 3.07. The zero-order valence-electron chi connectivity index (χ0n) is 6.83. The standard InChI is InChI=1S/C9H9FN2O/c10-6-3-1-2-5(4-6)8-7(11)9(13)12-8/h1-4,7-8H,11H2,(H,12,13). The van der Waals surface area contributed by atoms with Gasteiger partial charge in [0.25, 0.3) is 0 Å². The van der Waals surface area contributed by atoms with Gasteiger partial charge in [-0.1, -0.05) is 12.1 Å². The number of carbonyl (C=O) groups excluding carboxylic acids is 1. The summed E-state index contributed by atoms with van der Waals surface area (Å²) in [5, 5.41) is 2.61. The molecule has 2 atom stereocenters. The summed E-state index contributed by atoms with van der Waals surface area (Å²) in [5.41, 5.74) is 6.23. The van der Waals surface area contributed by atoms with Crippen LogP contribution in [0.3, 0.4) is 0 Å². The molecular weight excluding hydrogens is 171 g/mol. The van der Waals surface area contributed by atoms with Crippen LogP contribution < -0.4 is 11.1 Å². The quantitative estimate of drug-likeness (QED) is 0.612. The number of hydrogen-bond donors (Lipinski definition) is 2. The first-order chi connectivity index (χ1) is 6.18. The van der Waals surface area contributed by atoms with E-state index in [1.807, 2.05) is 0 Å². The van der Waals surface area contributed by atoms with Crippen molar-refractivity contribution in [3.05, 3.63) is 35.6 Å². The topological polar surface area (TPSA) is 55.1 Å². The molecule has 1 aliphatic heterocycles. The summed E-state index contributed by atoms with van der Waals surface area (Å²) in [4.78, 5) is 10.8. The molecule has 1 aromatic carbocycles. The van der Waals surface area contributed by atoms with Gasteiger partial charge < -0.3 is 11.1 Å². The number of halogens is 1. The zero-order chi connectivity index (χ0) is 9.42. The number of nitrogens with one attached hydrogen (secondary N) is 1. The third-order valence-electron chi connectivity index (χ3n) is 2.17. The van der Waals surface area contributed by atoms with E-state index < -0.39 is 6.04 Å². The molecule has 3 nitrogen and oxygen atoms in total.